The van der Waals surface area contributed by atoms with Gasteiger partial charge >= 0.3 is 0 Å². The van der Waals surface area contributed by atoms with Crippen molar-refractivity contribution in [2.24, 2.45) is 5.10 Å². The van der Waals surface area contributed by atoms with Crippen molar-refractivity contribution < 1.29 is 0 Å². The minimum atomic E-state index is 0.417. The number of unbranched alkanes of at least 4 members (excludes halogenated alkanes) is 2. The van der Waals surface area contributed by atoms with E-state index in [-0.39, 0.29) is 0 Å². The monoisotopic (exact) mass is 221 g/mol. The van der Waals surface area contributed by atoms with Crippen molar-refractivity contribution >= 4 is 28.5 Å². The molecule has 0 aromatic carbocycles. The summed E-state index contributed by atoms with van der Waals surface area (Å²) in [5.41, 5.74) is 3.91. The van der Waals surface area contributed by atoms with Crippen molar-refractivity contribution in [1.82, 2.24) is 10.1 Å². The topological polar surface area (TPSA) is 27.6 Å². The molecule has 3 nitrogen and oxygen atoms in total. The standard InChI is InChI=1S/C8H13Cl2N3/c1-2-3-4-5-7-6-8(9)12-13(10)11-7/h6,11H,2-5H2,1H3. The Hall–Kier alpha value is -0.410. The van der Waals surface area contributed by atoms with Crippen LogP contribution in [0.15, 0.2) is 16.9 Å². The van der Waals surface area contributed by atoms with E-state index in [0.29, 0.717) is 5.17 Å². The van der Waals surface area contributed by atoms with E-state index in [1.54, 1.807) is 6.08 Å². The molecular formula is C8H13Cl2N3. The molecule has 0 fully saturated rings. The van der Waals surface area contributed by atoms with Crippen molar-refractivity contribution in [2.45, 2.75) is 32.6 Å². The molecule has 0 saturated heterocycles. The van der Waals surface area contributed by atoms with Gasteiger partial charge in [0.1, 0.15) is 0 Å². The van der Waals surface area contributed by atoms with Crippen molar-refractivity contribution in [3.05, 3.63) is 11.8 Å². The van der Waals surface area contributed by atoms with Crippen molar-refractivity contribution in [3.63, 3.8) is 0 Å². The van der Waals surface area contributed by atoms with Gasteiger partial charge in [0.05, 0.1) is 11.8 Å². The molecule has 74 valence electrons. The number of nitrogens with zero attached hydrogens (tertiary/aromatic N) is 2. The fourth-order valence-corrected chi connectivity index (χ4v) is 1.56. The van der Waals surface area contributed by atoms with Crippen LogP contribution in [-0.4, -0.2) is 9.81 Å². The zero-order valence-corrected chi connectivity index (χ0v) is 9.07. The fraction of sp³-hybridized carbons (Fsp3) is 0.625. The van der Waals surface area contributed by atoms with Crippen LogP contribution in [0.5, 0.6) is 0 Å². The predicted octanol–water partition coefficient (Wildman–Crippen LogP) is 2.98. The molecule has 1 aliphatic heterocycles. The smallest absolute Gasteiger partial charge is 0.154 e. The molecule has 13 heavy (non-hydrogen) atoms. The maximum atomic E-state index is 5.73. The number of hydrazone groups is 1. The highest BCUT2D eigenvalue weighted by Crippen LogP contribution is 2.13. The molecule has 5 heteroatoms. The summed E-state index contributed by atoms with van der Waals surface area (Å²) < 4.78 is 1.11. The fourth-order valence-electron chi connectivity index (χ4n) is 1.13. The quantitative estimate of drug-likeness (QED) is 0.584. The number of hydrogen-bond acceptors (Lipinski definition) is 3. The van der Waals surface area contributed by atoms with E-state index in [1.165, 1.54) is 12.8 Å². The van der Waals surface area contributed by atoms with Gasteiger partial charge in [0.25, 0.3) is 0 Å². The molecule has 0 radical (unpaired) electrons. The highest BCUT2D eigenvalue weighted by molar-refractivity contribution is 6.68. The summed E-state index contributed by atoms with van der Waals surface area (Å²) in [4.78, 5) is 0. The van der Waals surface area contributed by atoms with Gasteiger partial charge in [0.15, 0.2) is 5.17 Å². The zero-order chi connectivity index (χ0) is 9.68. The molecule has 0 bridgehead atoms. The van der Waals surface area contributed by atoms with Crippen molar-refractivity contribution in [1.29, 1.82) is 0 Å². The van der Waals surface area contributed by atoms with Crippen LogP contribution >= 0.6 is 23.4 Å². The lowest BCUT2D eigenvalue weighted by atomic mass is 10.1. The van der Waals surface area contributed by atoms with Gasteiger partial charge < -0.3 is 0 Å². The van der Waals surface area contributed by atoms with Gasteiger partial charge in [-0.15, -0.1) is 9.74 Å². The van der Waals surface area contributed by atoms with Crippen LogP contribution in [0.25, 0.3) is 0 Å². The number of allylic oxidation sites excluding steroid dienone is 2. The molecule has 1 aliphatic rings. The molecule has 0 saturated carbocycles. The Kier molecular flexibility index (Phi) is 4.39. The molecule has 0 aromatic heterocycles. The lowest BCUT2D eigenvalue weighted by molar-refractivity contribution is 0.383. The third-order valence-electron chi connectivity index (χ3n) is 1.76. The summed E-state index contributed by atoms with van der Waals surface area (Å²) >= 11 is 11.4. The molecule has 1 rings (SSSR count). The van der Waals surface area contributed by atoms with Gasteiger partial charge in [-0.1, -0.05) is 31.4 Å². The largest absolute Gasteiger partial charge is 0.271 e. The highest BCUT2D eigenvalue weighted by Gasteiger charge is 2.08. The Balaban J connectivity index is 2.37. The van der Waals surface area contributed by atoms with Crippen LogP contribution in [0.2, 0.25) is 0 Å². The molecule has 0 amide bonds. The number of hydrogen-bond donors (Lipinski definition) is 1. The minimum absolute atomic E-state index is 0.417. The van der Waals surface area contributed by atoms with E-state index >= 15 is 0 Å². The number of rotatable bonds is 4. The first-order chi connectivity index (χ1) is 6.22. The van der Waals surface area contributed by atoms with Gasteiger partial charge in [0.2, 0.25) is 0 Å². The summed E-state index contributed by atoms with van der Waals surface area (Å²) in [5, 5.41) is 4.17. The minimum Gasteiger partial charge on any atom is -0.271 e. The third-order valence-corrected chi connectivity index (χ3v) is 2.11. The van der Waals surface area contributed by atoms with E-state index in [2.05, 4.69) is 17.5 Å². The lowest BCUT2D eigenvalue weighted by Crippen LogP contribution is -2.28. The Labute approximate surface area is 88.5 Å². The first kappa shape index (κ1) is 10.7. The van der Waals surface area contributed by atoms with Crippen LogP contribution in [0.4, 0.5) is 0 Å². The molecule has 0 spiro atoms. The van der Waals surface area contributed by atoms with Crippen LogP contribution < -0.4 is 5.43 Å². The molecule has 1 N–H and O–H groups in total. The van der Waals surface area contributed by atoms with Gasteiger partial charge in [-0.3, -0.25) is 5.43 Å². The molecule has 0 unspecified atom stereocenters. The number of hydrazine groups is 1. The normalized spacial score (nSPS) is 16.4. The second-order valence-electron chi connectivity index (χ2n) is 2.92. The number of halogens is 2. The third kappa shape index (κ3) is 3.87. The van der Waals surface area contributed by atoms with Crippen LogP contribution in [-0.2, 0) is 0 Å². The van der Waals surface area contributed by atoms with Crippen molar-refractivity contribution in [3.8, 4) is 0 Å². The lowest BCUT2D eigenvalue weighted by Gasteiger charge is -2.19. The molecular weight excluding hydrogens is 209 g/mol. The molecule has 0 atom stereocenters. The summed E-state index contributed by atoms with van der Waals surface area (Å²) in [5.74, 6) is 0. The summed E-state index contributed by atoms with van der Waals surface area (Å²) in [6, 6.07) is 0. The summed E-state index contributed by atoms with van der Waals surface area (Å²) in [6.45, 7) is 2.17. The van der Waals surface area contributed by atoms with Crippen LogP contribution in [0, 0.1) is 0 Å². The number of nitrogens with one attached hydrogen (secondary N) is 1. The molecule has 0 aromatic rings. The van der Waals surface area contributed by atoms with Gasteiger partial charge in [-0.05, 0) is 18.9 Å². The predicted molar refractivity (Wildman–Crippen MR) is 56.3 cm³/mol. The first-order valence-corrected chi connectivity index (χ1v) is 5.11. The van der Waals surface area contributed by atoms with Gasteiger partial charge in [0, 0.05) is 5.70 Å². The summed E-state index contributed by atoms with van der Waals surface area (Å²) in [7, 11) is 0. The average molecular weight is 222 g/mol. The van der Waals surface area contributed by atoms with E-state index in [9.17, 15) is 0 Å². The van der Waals surface area contributed by atoms with E-state index < -0.39 is 0 Å². The van der Waals surface area contributed by atoms with Gasteiger partial charge in [-0.2, -0.15) is 0 Å². The van der Waals surface area contributed by atoms with E-state index in [1.807, 2.05) is 0 Å². The van der Waals surface area contributed by atoms with Crippen LogP contribution in [0.1, 0.15) is 32.6 Å². The average Bonchev–Trinajstić information content (AvgIpc) is 2.03. The second kappa shape index (κ2) is 5.35. The highest BCUT2D eigenvalue weighted by atomic mass is 35.5. The van der Waals surface area contributed by atoms with Gasteiger partial charge in [-0.25, -0.2) is 0 Å². The zero-order valence-electron chi connectivity index (χ0n) is 7.56. The SMILES string of the molecule is CCCCCC1=CC(Cl)=NN(Cl)N1. The first-order valence-electron chi connectivity index (χ1n) is 4.39. The Morgan fingerprint density at radius 3 is 2.92 bits per heavy atom. The van der Waals surface area contributed by atoms with Crippen molar-refractivity contribution in [2.75, 3.05) is 0 Å². The maximum Gasteiger partial charge on any atom is 0.154 e. The van der Waals surface area contributed by atoms with Crippen LogP contribution in [0.3, 0.4) is 0 Å². The Morgan fingerprint density at radius 1 is 1.54 bits per heavy atom. The van der Waals surface area contributed by atoms with E-state index in [0.717, 1.165) is 23.2 Å². The van der Waals surface area contributed by atoms with E-state index in [4.69, 9.17) is 23.4 Å². The maximum absolute atomic E-state index is 5.73. The second-order valence-corrected chi connectivity index (χ2v) is 3.63. The Morgan fingerprint density at radius 2 is 2.31 bits per heavy atom. The molecule has 0 aliphatic carbocycles. The Bertz CT molecular complexity index is 225. The summed E-state index contributed by atoms with van der Waals surface area (Å²) in [6.07, 6.45) is 6.33. The molecule has 1 heterocycles.